The highest BCUT2D eigenvalue weighted by molar-refractivity contribution is 6.21. The summed E-state index contributed by atoms with van der Waals surface area (Å²) >= 11 is 0. The summed E-state index contributed by atoms with van der Waals surface area (Å²) in [6.45, 7) is 6.99. The third-order valence-corrected chi connectivity index (χ3v) is 5.92. The standard InChI is InChI=1S/C24H28N2O2/c1-3-10-25(11-4-2)20-12-18-14-21-22(15-19(18)13-20)24(28)26(23(21)27)16-17-8-6-5-7-9-17/h5-9,14-15,20H,3-4,10-13,16H2,1-2H3. The van der Waals surface area contributed by atoms with Crippen LogP contribution in [0.5, 0.6) is 0 Å². The molecule has 2 aromatic carbocycles. The second-order valence-electron chi connectivity index (χ2n) is 7.95. The largest absolute Gasteiger partial charge is 0.300 e. The van der Waals surface area contributed by atoms with E-state index in [1.165, 1.54) is 16.0 Å². The van der Waals surface area contributed by atoms with Crippen LogP contribution in [0.1, 0.15) is 64.1 Å². The molecule has 2 aliphatic rings. The topological polar surface area (TPSA) is 40.6 Å². The number of imide groups is 1. The Bertz CT molecular complexity index is 840. The average molecular weight is 377 g/mol. The van der Waals surface area contributed by atoms with Crippen molar-refractivity contribution in [3.8, 4) is 0 Å². The highest BCUT2D eigenvalue weighted by Gasteiger charge is 2.38. The van der Waals surface area contributed by atoms with Crippen LogP contribution in [0.25, 0.3) is 0 Å². The third kappa shape index (κ3) is 3.37. The molecule has 1 aliphatic carbocycles. The Kier molecular flexibility index (Phi) is 5.31. The Labute approximate surface area is 167 Å². The average Bonchev–Trinajstić information content (AvgIpc) is 3.22. The van der Waals surface area contributed by atoms with E-state index >= 15 is 0 Å². The molecule has 1 aliphatic heterocycles. The SMILES string of the molecule is CCCN(CCC)C1Cc2cc3c(cc2C1)C(=O)N(Cc1ccccc1)C3=O. The molecular weight excluding hydrogens is 348 g/mol. The Morgan fingerprint density at radius 3 is 1.93 bits per heavy atom. The number of nitrogens with zero attached hydrogens (tertiary/aromatic N) is 2. The lowest BCUT2D eigenvalue weighted by Crippen LogP contribution is -2.37. The Morgan fingerprint density at radius 1 is 0.893 bits per heavy atom. The molecular formula is C24H28N2O2. The maximum absolute atomic E-state index is 12.9. The van der Waals surface area contributed by atoms with E-state index in [-0.39, 0.29) is 11.8 Å². The molecule has 0 radical (unpaired) electrons. The van der Waals surface area contributed by atoms with Crippen molar-refractivity contribution in [1.82, 2.24) is 9.80 Å². The van der Waals surface area contributed by atoms with E-state index in [0.29, 0.717) is 23.7 Å². The van der Waals surface area contributed by atoms with Gasteiger partial charge in [0.1, 0.15) is 0 Å². The van der Waals surface area contributed by atoms with Gasteiger partial charge in [-0.25, -0.2) is 0 Å². The van der Waals surface area contributed by atoms with Gasteiger partial charge in [-0.1, -0.05) is 44.2 Å². The molecule has 4 heteroatoms. The number of hydrogen-bond donors (Lipinski definition) is 0. The van der Waals surface area contributed by atoms with Gasteiger partial charge in [0, 0.05) is 6.04 Å². The van der Waals surface area contributed by atoms with Gasteiger partial charge in [0.25, 0.3) is 11.8 Å². The molecule has 2 aromatic rings. The molecule has 0 atom stereocenters. The van der Waals surface area contributed by atoms with Gasteiger partial charge in [-0.3, -0.25) is 19.4 Å². The maximum atomic E-state index is 12.9. The summed E-state index contributed by atoms with van der Waals surface area (Å²) in [6, 6.07) is 14.2. The molecule has 0 unspecified atom stereocenters. The Hall–Kier alpha value is -2.46. The van der Waals surface area contributed by atoms with Crippen LogP contribution in [-0.4, -0.2) is 40.7 Å². The van der Waals surface area contributed by atoms with E-state index in [0.717, 1.165) is 44.3 Å². The molecule has 146 valence electrons. The summed E-state index contributed by atoms with van der Waals surface area (Å²) in [5.74, 6) is -0.317. The van der Waals surface area contributed by atoms with Crippen molar-refractivity contribution >= 4 is 11.8 Å². The van der Waals surface area contributed by atoms with Gasteiger partial charge in [-0.15, -0.1) is 0 Å². The number of benzene rings is 2. The zero-order chi connectivity index (χ0) is 19.7. The molecule has 1 heterocycles. The normalized spacial score (nSPS) is 16.2. The van der Waals surface area contributed by atoms with Crippen molar-refractivity contribution in [3.05, 3.63) is 70.3 Å². The van der Waals surface area contributed by atoms with Crippen molar-refractivity contribution in [3.63, 3.8) is 0 Å². The lowest BCUT2D eigenvalue weighted by molar-refractivity contribution is 0.0642. The molecule has 0 fully saturated rings. The monoisotopic (exact) mass is 376 g/mol. The van der Waals surface area contributed by atoms with Gasteiger partial charge in [0.15, 0.2) is 0 Å². The van der Waals surface area contributed by atoms with Crippen LogP contribution in [0.4, 0.5) is 0 Å². The molecule has 0 spiro atoms. The predicted octanol–water partition coefficient (Wildman–Crippen LogP) is 4.07. The summed E-state index contributed by atoms with van der Waals surface area (Å²) in [4.78, 5) is 29.8. The van der Waals surface area contributed by atoms with Crippen LogP contribution >= 0.6 is 0 Å². The number of carbonyl (C=O) groups excluding carboxylic acids is 2. The summed E-state index contributed by atoms with van der Waals surface area (Å²) < 4.78 is 0. The van der Waals surface area contributed by atoms with Crippen LogP contribution in [-0.2, 0) is 19.4 Å². The zero-order valence-electron chi connectivity index (χ0n) is 16.8. The Morgan fingerprint density at radius 2 is 1.43 bits per heavy atom. The first kappa shape index (κ1) is 18.9. The van der Waals surface area contributed by atoms with E-state index in [1.54, 1.807) is 0 Å². The van der Waals surface area contributed by atoms with Gasteiger partial charge in [-0.2, -0.15) is 0 Å². The maximum Gasteiger partial charge on any atom is 0.261 e. The fourth-order valence-corrected chi connectivity index (χ4v) is 4.61. The van der Waals surface area contributed by atoms with E-state index in [9.17, 15) is 9.59 Å². The molecule has 4 nitrogen and oxygen atoms in total. The van der Waals surface area contributed by atoms with Gasteiger partial charge >= 0.3 is 0 Å². The summed E-state index contributed by atoms with van der Waals surface area (Å²) in [6.07, 6.45) is 4.25. The van der Waals surface area contributed by atoms with E-state index < -0.39 is 0 Å². The van der Waals surface area contributed by atoms with Gasteiger partial charge in [-0.05, 0) is 67.6 Å². The summed E-state index contributed by atoms with van der Waals surface area (Å²) in [5.41, 5.74) is 4.61. The van der Waals surface area contributed by atoms with Crippen molar-refractivity contribution in [1.29, 1.82) is 0 Å². The number of carbonyl (C=O) groups is 2. The van der Waals surface area contributed by atoms with Crippen molar-refractivity contribution in [2.75, 3.05) is 13.1 Å². The third-order valence-electron chi connectivity index (χ3n) is 5.92. The van der Waals surface area contributed by atoms with E-state index in [4.69, 9.17) is 0 Å². The van der Waals surface area contributed by atoms with Gasteiger partial charge in [0.2, 0.25) is 0 Å². The molecule has 2 amide bonds. The number of hydrogen-bond acceptors (Lipinski definition) is 3. The van der Waals surface area contributed by atoms with Crippen LogP contribution < -0.4 is 0 Å². The lowest BCUT2D eigenvalue weighted by Gasteiger charge is -2.27. The van der Waals surface area contributed by atoms with E-state index in [2.05, 4.69) is 18.7 Å². The van der Waals surface area contributed by atoms with Crippen LogP contribution in [0, 0.1) is 0 Å². The first-order chi connectivity index (χ1) is 13.6. The fraction of sp³-hybridized carbons (Fsp3) is 0.417. The molecule has 0 aromatic heterocycles. The van der Waals surface area contributed by atoms with Crippen LogP contribution in [0.15, 0.2) is 42.5 Å². The Balaban J connectivity index is 1.56. The fourth-order valence-electron chi connectivity index (χ4n) is 4.61. The predicted molar refractivity (Wildman–Crippen MR) is 110 cm³/mol. The van der Waals surface area contributed by atoms with Gasteiger partial charge < -0.3 is 0 Å². The van der Waals surface area contributed by atoms with Crippen molar-refractivity contribution in [2.45, 2.75) is 52.1 Å². The minimum Gasteiger partial charge on any atom is -0.300 e. The highest BCUT2D eigenvalue weighted by Crippen LogP contribution is 2.33. The lowest BCUT2D eigenvalue weighted by atomic mass is 10.0. The van der Waals surface area contributed by atoms with Crippen LogP contribution in [0.3, 0.4) is 0 Å². The number of rotatable bonds is 7. The van der Waals surface area contributed by atoms with Crippen molar-refractivity contribution in [2.24, 2.45) is 0 Å². The smallest absolute Gasteiger partial charge is 0.261 e. The summed E-state index contributed by atoms with van der Waals surface area (Å²) in [7, 11) is 0. The summed E-state index contributed by atoms with van der Waals surface area (Å²) in [5, 5.41) is 0. The molecule has 0 N–H and O–H groups in total. The van der Waals surface area contributed by atoms with Crippen LogP contribution in [0.2, 0.25) is 0 Å². The molecule has 0 saturated carbocycles. The first-order valence-electron chi connectivity index (χ1n) is 10.4. The molecule has 28 heavy (non-hydrogen) atoms. The van der Waals surface area contributed by atoms with Gasteiger partial charge in [0.05, 0.1) is 17.7 Å². The van der Waals surface area contributed by atoms with E-state index in [1.807, 2.05) is 42.5 Å². The quantitative estimate of drug-likeness (QED) is 0.684. The minimum atomic E-state index is -0.158. The molecule has 0 bridgehead atoms. The van der Waals surface area contributed by atoms with Crippen molar-refractivity contribution < 1.29 is 9.59 Å². The second-order valence-corrected chi connectivity index (χ2v) is 7.95. The number of amides is 2. The molecule has 0 saturated heterocycles. The highest BCUT2D eigenvalue weighted by atomic mass is 16.2. The zero-order valence-corrected chi connectivity index (χ0v) is 16.8. The number of fused-ring (bicyclic) bond motifs is 2. The first-order valence-corrected chi connectivity index (χ1v) is 10.4. The second kappa shape index (κ2) is 7.88. The molecule has 4 rings (SSSR count). The minimum absolute atomic E-state index is 0.158.